The summed E-state index contributed by atoms with van der Waals surface area (Å²) in [7, 11) is -0.741. The first-order chi connectivity index (χ1) is 6.61. The van der Waals surface area contributed by atoms with Gasteiger partial charge in [-0.15, -0.1) is 11.3 Å². The average molecular weight is 235 g/mol. The van der Waals surface area contributed by atoms with E-state index in [0.29, 0.717) is 4.88 Å². The second-order valence-electron chi connectivity index (χ2n) is 2.42. The molecule has 0 bridgehead atoms. The Labute approximate surface area is 85.6 Å². The number of aromatic nitrogens is 1. The van der Waals surface area contributed by atoms with Gasteiger partial charge in [0.25, 0.3) is 0 Å². The summed E-state index contributed by atoms with van der Waals surface area (Å²) < 4.78 is 20.9. The molecule has 0 unspecified atom stereocenters. The van der Waals surface area contributed by atoms with Gasteiger partial charge in [0, 0.05) is 20.4 Å². The van der Waals surface area contributed by atoms with Gasteiger partial charge in [-0.1, -0.05) is 0 Å². The van der Waals surface area contributed by atoms with Crippen LogP contribution in [0.2, 0.25) is 0 Å². The molecule has 1 aromatic heterocycles. The highest BCUT2D eigenvalue weighted by molar-refractivity contribution is 7.55. The molecule has 0 saturated carbocycles. The summed E-state index contributed by atoms with van der Waals surface area (Å²) in [6, 6.07) is 0. The predicted octanol–water partition coefficient (Wildman–Crippen LogP) is 1.81. The van der Waals surface area contributed by atoms with Gasteiger partial charge in [-0.25, -0.2) is 0 Å². The Morgan fingerprint density at radius 2 is 2.21 bits per heavy atom. The molecule has 0 atom stereocenters. The fourth-order valence-corrected chi connectivity index (χ4v) is 2.41. The predicted molar refractivity (Wildman–Crippen MR) is 52.9 cm³/mol. The van der Waals surface area contributed by atoms with Crippen molar-refractivity contribution in [3.05, 3.63) is 16.6 Å². The first kappa shape index (κ1) is 11.5. The van der Waals surface area contributed by atoms with E-state index in [1.807, 2.05) is 0 Å². The normalized spacial score (nSPS) is 11.6. The van der Waals surface area contributed by atoms with Gasteiger partial charge in [0.05, 0.1) is 10.4 Å². The van der Waals surface area contributed by atoms with Crippen LogP contribution in [0.5, 0.6) is 0 Å². The Bertz CT molecular complexity index is 343. The molecule has 0 radical (unpaired) electrons. The summed E-state index contributed by atoms with van der Waals surface area (Å²) in [6.45, 7) is 0. The molecule has 0 N–H and O–H groups in total. The molecule has 0 saturated heterocycles. The second-order valence-corrected chi connectivity index (χ2v) is 5.58. The molecule has 0 spiro atoms. The van der Waals surface area contributed by atoms with Gasteiger partial charge in [0.15, 0.2) is 5.78 Å². The van der Waals surface area contributed by atoms with Gasteiger partial charge in [-0.05, 0) is 0 Å². The molecule has 0 aliphatic carbocycles. The minimum atomic E-state index is -3.25. The molecule has 0 aliphatic rings. The summed E-state index contributed by atoms with van der Waals surface area (Å²) in [6.07, 6.45) is 1.19. The van der Waals surface area contributed by atoms with Crippen molar-refractivity contribution in [2.75, 3.05) is 20.4 Å². The Morgan fingerprint density at radius 1 is 1.57 bits per heavy atom. The molecule has 1 aromatic rings. The summed E-state index contributed by atoms with van der Waals surface area (Å²) in [5.41, 5.74) is 1.54. The average Bonchev–Trinajstić information content (AvgIpc) is 2.70. The zero-order valence-corrected chi connectivity index (χ0v) is 9.51. The number of carbonyl (C=O) groups is 1. The molecule has 5 nitrogen and oxygen atoms in total. The van der Waals surface area contributed by atoms with Gasteiger partial charge < -0.3 is 9.05 Å². The number of nitrogens with zero attached hydrogens (tertiary/aromatic N) is 1. The van der Waals surface area contributed by atoms with E-state index in [1.54, 1.807) is 0 Å². The lowest BCUT2D eigenvalue weighted by molar-refractivity contribution is 0.101. The molecule has 0 aliphatic heterocycles. The van der Waals surface area contributed by atoms with Crippen LogP contribution >= 0.6 is 18.9 Å². The minimum Gasteiger partial charge on any atom is -0.312 e. The van der Waals surface area contributed by atoms with E-state index < -0.39 is 7.60 Å². The zero-order chi connectivity index (χ0) is 10.6. The van der Waals surface area contributed by atoms with Crippen LogP contribution < -0.4 is 0 Å². The molecule has 78 valence electrons. The third-order valence-electron chi connectivity index (χ3n) is 1.60. The minimum absolute atomic E-state index is 0.248. The van der Waals surface area contributed by atoms with E-state index in [1.165, 1.54) is 37.3 Å². The summed E-state index contributed by atoms with van der Waals surface area (Å²) in [4.78, 5) is 15.7. The van der Waals surface area contributed by atoms with Crippen LogP contribution in [0, 0.1) is 0 Å². The van der Waals surface area contributed by atoms with Crippen LogP contribution in [0.3, 0.4) is 0 Å². The Balaban J connectivity index is 2.70. The van der Waals surface area contributed by atoms with Crippen LogP contribution in [-0.4, -0.2) is 31.1 Å². The lowest BCUT2D eigenvalue weighted by Crippen LogP contribution is -2.06. The summed E-state index contributed by atoms with van der Waals surface area (Å²) in [5, 5.41) is 0. The third kappa shape index (κ3) is 2.72. The summed E-state index contributed by atoms with van der Waals surface area (Å²) in [5.74, 6) is -0.278. The maximum Gasteiger partial charge on any atom is 0.337 e. The van der Waals surface area contributed by atoms with Crippen molar-refractivity contribution >= 4 is 24.7 Å². The molecule has 1 heterocycles. The molecule has 0 aromatic carbocycles. The van der Waals surface area contributed by atoms with Gasteiger partial charge in [0.1, 0.15) is 6.16 Å². The molecular formula is C7H10NO4PS. The van der Waals surface area contributed by atoms with Gasteiger partial charge in [-0.3, -0.25) is 14.3 Å². The molecule has 0 amide bonds. The lowest BCUT2D eigenvalue weighted by Gasteiger charge is -2.11. The smallest absolute Gasteiger partial charge is 0.312 e. The SMILES string of the molecule is COP(=O)(CC(=O)c1cncs1)OC. The maximum atomic E-state index is 11.6. The fraction of sp³-hybridized carbons (Fsp3) is 0.429. The first-order valence-electron chi connectivity index (χ1n) is 3.73. The fourth-order valence-electron chi connectivity index (χ4n) is 0.811. The molecular weight excluding hydrogens is 225 g/mol. The first-order valence-corrected chi connectivity index (χ1v) is 6.34. The highest BCUT2D eigenvalue weighted by Gasteiger charge is 2.26. The van der Waals surface area contributed by atoms with Crippen molar-refractivity contribution < 1.29 is 18.4 Å². The number of hydrogen-bond donors (Lipinski definition) is 0. The van der Waals surface area contributed by atoms with E-state index in [4.69, 9.17) is 0 Å². The van der Waals surface area contributed by atoms with Crippen molar-refractivity contribution in [3.63, 3.8) is 0 Å². The quantitative estimate of drug-likeness (QED) is 0.575. The standard InChI is InChI=1S/C7H10NO4PS/c1-11-13(10,12-2)4-6(9)7-3-8-5-14-7/h3,5H,4H2,1-2H3. The van der Waals surface area contributed by atoms with Crippen LogP contribution in [-0.2, 0) is 13.6 Å². The highest BCUT2D eigenvalue weighted by atomic mass is 32.1. The van der Waals surface area contributed by atoms with E-state index in [-0.39, 0.29) is 11.9 Å². The topological polar surface area (TPSA) is 65.5 Å². The van der Waals surface area contributed by atoms with Crippen molar-refractivity contribution in [3.8, 4) is 0 Å². The highest BCUT2D eigenvalue weighted by Crippen LogP contribution is 2.46. The molecule has 7 heteroatoms. The largest absolute Gasteiger partial charge is 0.337 e. The van der Waals surface area contributed by atoms with E-state index in [9.17, 15) is 9.36 Å². The Hall–Kier alpha value is -0.550. The number of rotatable bonds is 5. The van der Waals surface area contributed by atoms with Crippen LogP contribution in [0.15, 0.2) is 11.7 Å². The van der Waals surface area contributed by atoms with Crippen LogP contribution in [0.25, 0.3) is 0 Å². The van der Waals surface area contributed by atoms with Crippen LogP contribution in [0.1, 0.15) is 9.67 Å². The number of thiazole rings is 1. The molecule has 0 fully saturated rings. The maximum absolute atomic E-state index is 11.6. The van der Waals surface area contributed by atoms with E-state index in [2.05, 4.69) is 14.0 Å². The lowest BCUT2D eigenvalue weighted by atomic mass is 10.4. The van der Waals surface area contributed by atoms with E-state index >= 15 is 0 Å². The van der Waals surface area contributed by atoms with Crippen LogP contribution in [0.4, 0.5) is 0 Å². The van der Waals surface area contributed by atoms with Crippen molar-refractivity contribution in [1.29, 1.82) is 0 Å². The Kier molecular flexibility index (Phi) is 3.95. The van der Waals surface area contributed by atoms with Crippen molar-refractivity contribution in [1.82, 2.24) is 4.98 Å². The molecule has 14 heavy (non-hydrogen) atoms. The van der Waals surface area contributed by atoms with Crippen molar-refractivity contribution in [2.45, 2.75) is 0 Å². The molecule has 1 rings (SSSR count). The van der Waals surface area contributed by atoms with Gasteiger partial charge in [0.2, 0.25) is 0 Å². The van der Waals surface area contributed by atoms with E-state index in [0.717, 1.165) is 0 Å². The number of Topliss-reactive ketones (excluding diaryl/α,β-unsaturated/α-hetero) is 1. The van der Waals surface area contributed by atoms with Gasteiger partial charge in [-0.2, -0.15) is 0 Å². The number of hydrogen-bond acceptors (Lipinski definition) is 6. The monoisotopic (exact) mass is 235 g/mol. The second kappa shape index (κ2) is 4.79. The number of carbonyl (C=O) groups excluding carboxylic acids is 1. The third-order valence-corrected chi connectivity index (χ3v) is 4.20. The van der Waals surface area contributed by atoms with Crippen molar-refractivity contribution in [2.24, 2.45) is 0 Å². The Morgan fingerprint density at radius 3 is 2.64 bits per heavy atom. The zero-order valence-electron chi connectivity index (χ0n) is 7.80. The summed E-state index contributed by atoms with van der Waals surface area (Å²) >= 11 is 1.20. The number of ketones is 1. The van der Waals surface area contributed by atoms with Gasteiger partial charge >= 0.3 is 7.60 Å².